The van der Waals surface area contributed by atoms with Gasteiger partial charge >= 0.3 is 12.4 Å². The number of alkyl halides is 6. The highest BCUT2D eigenvalue weighted by molar-refractivity contribution is 9.10. The van der Waals surface area contributed by atoms with Gasteiger partial charge in [0, 0.05) is 171 Å². The second-order valence-electron chi connectivity index (χ2n) is 11.6. The molecule has 36 heteroatoms. The predicted molar refractivity (Wildman–Crippen MR) is 249 cm³/mol. The molecule has 27 radical (unpaired) electrons. The highest BCUT2D eigenvalue weighted by Crippen LogP contribution is 2.28. The molecule has 57 heavy (non-hydrogen) atoms. The van der Waals surface area contributed by atoms with Gasteiger partial charge in [-0.15, -0.1) is 0 Å². The van der Waals surface area contributed by atoms with Crippen LogP contribution in [0.1, 0.15) is 24.4 Å². The predicted octanol–water partition coefficient (Wildman–Crippen LogP) is -0.477. The molecule has 0 bridgehead atoms. The van der Waals surface area contributed by atoms with Crippen LogP contribution in [0.25, 0.3) is 17.0 Å². The minimum atomic E-state index is -4.44. The standard InChI is InChI=1S/C12H6BrF3N2O.C9H6BrF3O2.B12.B11/c1-18-9(7-17)4-8(6-12(14,15)16)5-10-2-3-11(13)19-10;10-8-2-1-7(15-8)3-6(5-14)4-9(11,12)13;1-8(2)11(7)12(9(3)4)10(5)6;1-7-10(6)11(8(2)3)9(4)5/h2-5H,6H2;1-3,5H,4H2;;/b8-5-,9-4-;6-3+;;. The van der Waals surface area contributed by atoms with E-state index in [1.54, 1.807) is 0 Å². The van der Waals surface area contributed by atoms with Gasteiger partial charge in [0.15, 0.2) is 9.34 Å². The molecule has 0 N–H and O–H groups in total. The van der Waals surface area contributed by atoms with Gasteiger partial charge in [0.05, 0.1) is 25.5 Å². The molecule has 0 amide bonds. The summed E-state index contributed by atoms with van der Waals surface area (Å²) in [6.45, 7) is 6.66. The van der Waals surface area contributed by atoms with E-state index in [0.717, 1.165) is 18.2 Å². The maximum atomic E-state index is 12.4. The van der Waals surface area contributed by atoms with Crippen molar-refractivity contribution >= 4 is 215 Å². The van der Waals surface area contributed by atoms with E-state index in [4.69, 9.17) is 121 Å². The molecule has 0 fully saturated rings. The molecule has 2 rings (SSSR count). The normalized spacial score (nSPS) is 11.2. The van der Waals surface area contributed by atoms with Crippen LogP contribution in [-0.2, 0) is 4.79 Å². The van der Waals surface area contributed by atoms with Gasteiger partial charge in [-0.05, 0) is 79.9 Å². The zero-order valence-electron chi connectivity index (χ0n) is 30.0. The monoisotopic (exact) mass is 865 g/mol. The van der Waals surface area contributed by atoms with Crippen molar-refractivity contribution in [1.29, 1.82) is 5.26 Å². The van der Waals surface area contributed by atoms with E-state index in [1.165, 1.54) is 37.4 Å². The van der Waals surface area contributed by atoms with Crippen molar-refractivity contribution in [1.82, 2.24) is 0 Å². The molecule has 0 spiro atoms. The fourth-order valence-electron chi connectivity index (χ4n) is 4.10. The lowest BCUT2D eigenvalue weighted by atomic mass is 8.53. The molecule has 5 nitrogen and oxygen atoms in total. The number of carbonyl (C=O) groups is 1. The van der Waals surface area contributed by atoms with Crippen LogP contribution >= 0.6 is 31.9 Å². The average Bonchev–Trinajstić information content (AvgIpc) is 3.68. The lowest BCUT2D eigenvalue weighted by molar-refractivity contribution is -0.130. The maximum Gasteiger partial charge on any atom is 0.393 e. The van der Waals surface area contributed by atoms with Crippen molar-refractivity contribution in [2.75, 3.05) is 0 Å². The summed E-state index contributed by atoms with van der Waals surface area (Å²) in [4.78, 5) is 13.2. The third kappa shape index (κ3) is 27.0. The molecule has 0 saturated carbocycles. The molecule has 2 heterocycles. The van der Waals surface area contributed by atoms with E-state index in [-0.39, 0.29) is 35.3 Å². The van der Waals surface area contributed by atoms with Gasteiger partial charge < -0.3 is 8.83 Å². The topological polar surface area (TPSA) is 71.5 Å². The minimum Gasteiger partial charge on any atom is -0.450 e. The number of carbonyl (C=O) groups excluding carboxylic acids is 1. The van der Waals surface area contributed by atoms with E-state index in [1.807, 2.05) is 0 Å². The van der Waals surface area contributed by atoms with E-state index in [0.29, 0.717) is 9.34 Å². The number of nitriles is 1. The number of allylic oxidation sites excluding steroid dienone is 4. The van der Waals surface area contributed by atoms with Gasteiger partial charge in [-0.3, -0.25) is 4.79 Å². The van der Waals surface area contributed by atoms with E-state index >= 15 is 0 Å². The summed E-state index contributed by atoms with van der Waals surface area (Å²) < 4.78 is 83.9. The SMILES string of the molecule is O=C/C(=C/c1ccc(Br)o1)CC(F)(F)F.[B]B([B])B([B])B(B([B])[B])B([B])[B].[B][B]B([B])B(B([B])[B])B([B])[B].[C-]#[N+]/C(C#N)=C\C(=C\c1ccc(Br)o1)CC(F)(F)F. The molecule has 2 aromatic heterocycles. The number of aldehydes is 1. The van der Waals surface area contributed by atoms with Gasteiger partial charge in [0.2, 0.25) is 0 Å². The van der Waals surface area contributed by atoms with Crippen LogP contribution in [0.2, 0.25) is 0 Å². The second kappa shape index (κ2) is 28.8. The maximum absolute atomic E-state index is 12.4. The van der Waals surface area contributed by atoms with E-state index in [9.17, 15) is 31.1 Å². The molecule has 0 aliphatic heterocycles. The highest BCUT2D eigenvalue weighted by Gasteiger charge is 2.31. The van der Waals surface area contributed by atoms with Crippen LogP contribution in [0, 0.1) is 17.9 Å². The summed E-state index contributed by atoms with van der Waals surface area (Å²) in [6.07, 6.45) is -13.4. The summed E-state index contributed by atoms with van der Waals surface area (Å²) in [5.74, 6) is 0.401. The Labute approximate surface area is 369 Å². The number of hydrogen-bond acceptors (Lipinski definition) is 4. The van der Waals surface area contributed by atoms with Crippen LogP contribution in [0.15, 0.2) is 65.4 Å². The lowest BCUT2D eigenvalue weighted by Crippen LogP contribution is -2.67. The smallest absolute Gasteiger partial charge is 0.393 e. The zero-order chi connectivity index (χ0) is 44.8. The molecule has 2 aromatic rings. The van der Waals surface area contributed by atoms with Gasteiger partial charge in [0.25, 0.3) is 5.70 Å². The summed E-state index contributed by atoms with van der Waals surface area (Å²) in [5, 5.41) is 8.57. The quantitative estimate of drug-likeness (QED) is 0.0491. The third-order valence-electron chi connectivity index (χ3n) is 6.69. The van der Waals surface area contributed by atoms with Crippen molar-refractivity contribution in [2.24, 2.45) is 0 Å². The Bertz CT molecular complexity index is 1630. The Morgan fingerprint density at radius 1 is 0.737 bits per heavy atom. The number of nitrogens with zero attached hydrogens (tertiary/aromatic N) is 2. The van der Waals surface area contributed by atoms with Crippen LogP contribution in [0.5, 0.6) is 0 Å². The Morgan fingerprint density at radius 3 is 1.35 bits per heavy atom. The Kier molecular flexibility index (Phi) is 29.1. The molecular formula is C21H12B23Br2F6N2O3. The first-order valence-electron chi connectivity index (χ1n) is 15.7. The number of hydrogen-bond donors (Lipinski definition) is 0. The van der Waals surface area contributed by atoms with Crippen molar-refractivity contribution in [3.8, 4) is 6.07 Å². The highest BCUT2D eigenvalue weighted by atomic mass is 79.9. The van der Waals surface area contributed by atoms with Gasteiger partial charge in [-0.25, -0.2) is 10.1 Å². The van der Waals surface area contributed by atoms with Crippen LogP contribution in [0.4, 0.5) is 26.3 Å². The fourth-order valence-corrected chi connectivity index (χ4v) is 4.74. The summed E-state index contributed by atoms with van der Waals surface area (Å²) in [6, 6.07) is 7.51. The summed E-state index contributed by atoms with van der Waals surface area (Å²) in [5.41, 5.74) is -1.01. The van der Waals surface area contributed by atoms with Gasteiger partial charge in [-0.1, -0.05) is 0 Å². The van der Waals surface area contributed by atoms with E-state index < -0.39 is 82.0 Å². The van der Waals surface area contributed by atoms with Crippen LogP contribution in [0.3, 0.4) is 0 Å². The number of halogens is 8. The Balaban J connectivity index is 0. The molecule has 0 aromatic carbocycles. The van der Waals surface area contributed by atoms with E-state index in [2.05, 4.69) is 36.7 Å². The molecule has 0 aliphatic rings. The second-order valence-corrected chi connectivity index (χ2v) is 13.1. The van der Waals surface area contributed by atoms with Crippen molar-refractivity contribution < 1.29 is 40.0 Å². The van der Waals surface area contributed by atoms with Crippen molar-refractivity contribution in [2.45, 2.75) is 25.2 Å². The first-order chi connectivity index (χ1) is 26.1. The largest absolute Gasteiger partial charge is 0.450 e. The Morgan fingerprint density at radius 2 is 1.12 bits per heavy atom. The molecule has 249 valence electrons. The van der Waals surface area contributed by atoms with Crippen LogP contribution in [-0.4, -0.2) is 184 Å². The minimum absolute atomic E-state index is 0.171. The first kappa shape index (κ1) is 57.6. The first-order valence-corrected chi connectivity index (χ1v) is 17.3. The average molecular weight is 863 g/mol. The fraction of sp³-hybridized carbons (Fsp3) is 0.190. The van der Waals surface area contributed by atoms with Crippen LogP contribution < -0.4 is 0 Å². The summed E-state index contributed by atoms with van der Waals surface area (Å²) >= 11 is 6.03. The molecule has 0 unspecified atom stereocenters. The number of furan rings is 2. The zero-order valence-corrected chi connectivity index (χ0v) is 33.1. The Hall–Kier alpha value is -1.54. The van der Waals surface area contributed by atoms with Gasteiger partial charge in [-0.2, -0.15) is 26.3 Å². The molecular weight excluding hydrogens is 851 g/mol. The molecule has 0 aliphatic carbocycles. The lowest BCUT2D eigenvalue weighted by Gasteiger charge is -2.29. The molecule has 0 atom stereocenters. The number of rotatable bonds is 14. The third-order valence-corrected chi connectivity index (χ3v) is 7.55. The van der Waals surface area contributed by atoms with Crippen molar-refractivity contribution in [3.05, 3.63) is 79.5 Å². The molecule has 0 saturated heterocycles. The van der Waals surface area contributed by atoms with Crippen molar-refractivity contribution in [3.63, 3.8) is 0 Å². The van der Waals surface area contributed by atoms with Gasteiger partial charge in [0.1, 0.15) is 17.8 Å². The summed E-state index contributed by atoms with van der Waals surface area (Å²) in [7, 11) is 71.4.